The summed E-state index contributed by atoms with van der Waals surface area (Å²) in [7, 11) is 0. The lowest BCUT2D eigenvalue weighted by Gasteiger charge is -2.19. The van der Waals surface area contributed by atoms with Gasteiger partial charge in [0.15, 0.2) is 11.5 Å². The summed E-state index contributed by atoms with van der Waals surface area (Å²) in [6.07, 6.45) is 0. The number of aromatic nitrogens is 4. The zero-order valence-corrected chi connectivity index (χ0v) is 18.8. The number of amides is 1. The quantitative estimate of drug-likeness (QED) is 0.494. The Labute approximate surface area is 195 Å². The number of aryl methyl sites for hydroxylation is 2. The number of hydrogen-bond acceptors (Lipinski definition) is 6. The number of carbonyl (C=O) groups is 1. The molecule has 0 aliphatic carbocycles. The van der Waals surface area contributed by atoms with E-state index in [1.807, 2.05) is 50.2 Å². The van der Waals surface area contributed by atoms with Gasteiger partial charge in [-0.15, -0.1) is 0 Å². The third kappa shape index (κ3) is 4.27. The predicted molar refractivity (Wildman–Crippen MR) is 127 cm³/mol. The van der Waals surface area contributed by atoms with Gasteiger partial charge in [-0.05, 0) is 32.0 Å². The molecule has 0 saturated carbocycles. The van der Waals surface area contributed by atoms with Crippen LogP contribution >= 0.6 is 0 Å². The number of nitrogens with one attached hydrogen (secondary N) is 1. The first kappa shape index (κ1) is 21.4. The standard InChI is InChI=1S/C25H23N5O4/c1-16-12-17(2)30(28-16)25-27-20(18-6-4-3-5-7-18)14-24(32)29(25)15-23(31)26-19-8-9-21-22(13-19)34-11-10-33-21/h3-9,12-14H,10-11,15H2,1-2H3,(H,26,31). The second-order valence-electron chi connectivity index (χ2n) is 7.98. The van der Waals surface area contributed by atoms with E-state index in [-0.39, 0.29) is 24.0 Å². The molecule has 3 heterocycles. The largest absolute Gasteiger partial charge is 0.486 e. The van der Waals surface area contributed by atoms with Gasteiger partial charge in [-0.1, -0.05) is 30.3 Å². The molecule has 0 unspecified atom stereocenters. The molecule has 2 aromatic heterocycles. The number of rotatable bonds is 5. The number of ether oxygens (including phenoxy) is 2. The fourth-order valence-corrected chi connectivity index (χ4v) is 3.86. The van der Waals surface area contributed by atoms with Gasteiger partial charge in [-0.3, -0.25) is 14.2 Å². The van der Waals surface area contributed by atoms with E-state index >= 15 is 0 Å². The summed E-state index contributed by atoms with van der Waals surface area (Å²) in [5, 5.41) is 7.31. The molecule has 2 aromatic carbocycles. The average Bonchev–Trinajstić information content (AvgIpc) is 3.18. The molecule has 0 radical (unpaired) electrons. The number of nitrogens with zero attached hydrogens (tertiary/aromatic N) is 4. The topological polar surface area (TPSA) is 100 Å². The lowest BCUT2D eigenvalue weighted by atomic mass is 10.1. The molecule has 1 N–H and O–H groups in total. The summed E-state index contributed by atoms with van der Waals surface area (Å²) in [5.74, 6) is 1.09. The highest BCUT2D eigenvalue weighted by molar-refractivity contribution is 5.91. The van der Waals surface area contributed by atoms with Gasteiger partial charge in [0.25, 0.3) is 5.56 Å². The van der Waals surface area contributed by atoms with Crippen molar-refractivity contribution in [2.45, 2.75) is 20.4 Å². The van der Waals surface area contributed by atoms with Crippen molar-refractivity contribution in [2.75, 3.05) is 18.5 Å². The Hall–Kier alpha value is -4.40. The Morgan fingerprint density at radius 3 is 2.50 bits per heavy atom. The minimum atomic E-state index is -0.379. The van der Waals surface area contributed by atoms with Crippen molar-refractivity contribution >= 4 is 11.6 Å². The van der Waals surface area contributed by atoms with Crippen LogP contribution in [0, 0.1) is 13.8 Å². The van der Waals surface area contributed by atoms with Crippen molar-refractivity contribution in [3.8, 4) is 28.7 Å². The molecule has 172 valence electrons. The summed E-state index contributed by atoms with van der Waals surface area (Å²) in [6.45, 7) is 4.44. The van der Waals surface area contributed by atoms with E-state index in [0.717, 1.165) is 17.0 Å². The zero-order valence-electron chi connectivity index (χ0n) is 18.8. The van der Waals surface area contributed by atoms with Gasteiger partial charge in [0, 0.05) is 29.1 Å². The van der Waals surface area contributed by atoms with Crippen LogP contribution < -0.4 is 20.3 Å². The molecule has 4 aromatic rings. The van der Waals surface area contributed by atoms with Crippen LogP contribution in [-0.2, 0) is 11.3 Å². The molecular weight excluding hydrogens is 434 g/mol. The number of fused-ring (bicyclic) bond motifs is 1. The summed E-state index contributed by atoms with van der Waals surface area (Å²) >= 11 is 0. The summed E-state index contributed by atoms with van der Waals surface area (Å²) < 4.78 is 14.0. The van der Waals surface area contributed by atoms with Gasteiger partial charge < -0.3 is 14.8 Å². The lowest BCUT2D eigenvalue weighted by molar-refractivity contribution is -0.116. The SMILES string of the molecule is Cc1cc(C)n(-c2nc(-c3ccccc3)cc(=O)n2CC(=O)Nc2ccc3c(c2)OCCO3)n1. The second-order valence-corrected chi connectivity index (χ2v) is 7.98. The maximum Gasteiger partial charge on any atom is 0.256 e. The monoisotopic (exact) mass is 457 g/mol. The van der Waals surface area contributed by atoms with E-state index in [2.05, 4.69) is 10.4 Å². The minimum Gasteiger partial charge on any atom is -0.486 e. The summed E-state index contributed by atoms with van der Waals surface area (Å²) in [6, 6.07) is 17.9. The fraction of sp³-hybridized carbons (Fsp3) is 0.200. The first-order valence-corrected chi connectivity index (χ1v) is 10.9. The Morgan fingerprint density at radius 2 is 1.76 bits per heavy atom. The second kappa shape index (κ2) is 8.86. The molecule has 34 heavy (non-hydrogen) atoms. The summed E-state index contributed by atoms with van der Waals surface area (Å²) in [4.78, 5) is 30.8. The fourth-order valence-electron chi connectivity index (χ4n) is 3.86. The average molecular weight is 457 g/mol. The lowest BCUT2D eigenvalue weighted by Crippen LogP contribution is -2.31. The normalized spacial score (nSPS) is 12.4. The zero-order chi connectivity index (χ0) is 23.7. The molecule has 0 fully saturated rings. The number of carbonyl (C=O) groups excluding carboxylic acids is 1. The Kier molecular flexibility index (Phi) is 5.59. The number of anilines is 1. The smallest absolute Gasteiger partial charge is 0.256 e. The van der Waals surface area contributed by atoms with Crippen molar-refractivity contribution in [1.29, 1.82) is 0 Å². The Morgan fingerprint density at radius 1 is 1.00 bits per heavy atom. The van der Waals surface area contributed by atoms with Crippen LogP contribution in [0.1, 0.15) is 11.4 Å². The highest BCUT2D eigenvalue weighted by Gasteiger charge is 2.18. The van der Waals surface area contributed by atoms with Crippen molar-refractivity contribution < 1.29 is 14.3 Å². The first-order valence-electron chi connectivity index (χ1n) is 10.9. The van der Waals surface area contributed by atoms with Crippen LogP contribution in [0.4, 0.5) is 5.69 Å². The first-order chi connectivity index (χ1) is 16.5. The molecule has 0 atom stereocenters. The third-order valence-electron chi connectivity index (χ3n) is 5.38. The molecule has 1 amide bonds. The molecule has 0 bridgehead atoms. The van der Waals surface area contributed by atoms with E-state index in [1.54, 1.807) is 22.9 Å². The molecule has 0 saturated heterocycles. The predicted octanol–water partition coefficient (Wildman–Crippen LogP) is 3.12. The molecule has 1 aliphatic rings. The molecule has 0 spiro atoms. The van der Waals surface area contributed by atoms with E-state index in [9.17, 15) is 9.59 Å². The van der Waals surface area contributed by atoms with Gasteiger partial charge in [0.1, 0.15) is 19.8 Å². The molecule has 9 heteroatoms. The Bertz CT molecular complexity index is 1430. The van der Waals surface area contributed by atoms with Gasteiger partial charge in [0.05, 0.1) is 11.4 Å². The van der Waals surface area contributed by atoms with E-state index < -0.39 is 0 Å². The highest BCUT2D eigenvalue weighted by Crippen LogP contribution is 2.32. The van der Waals surface area contributed by atoms with Crippen LogP contribution in [-0.4, -0.2) is 38.5 Å². The summed E-state index contributed by atoms with van der Waals surface area (Å²) in [5.41, 5.74) is 3.09. The van der Waals surface area contributed by atoms with Gasteiger partial charge >= 0.3 is 0 Å². The molecular formula is C25H23N5O4. The maximum absolute atomic E-state index is 13.2. The highest BCUT2D eigenvalue weighted by atomic mass is 16.6. The van der Waals surface area contributed by atoms with Crippen LogP contribution in [0.3, 0.4) is 0 Å². The van der Waals surface area contributed by atoms with Crippen LogP contribution in [0.2, 0.25) is 0 Å². The maximum atomic E-state index is 13.2. The van der Waals surface area contributed by atoms with Gasteiger partial charge in [-0.2, -0.15) is 5.10 Å². The van der Waals surface area contributed by atoms with Crippen molar-refractivity contribution in [2.24, 2.45) is 0 Å². The molecule has 9 nitrogen and oxygen atoms in total. The van der Waals surface area contributed by atoms with Crippen LogP contribution in [0.25, 0.3) is 17.2 Å². The van der Waals surface area contributed by atoms with E-state index in [4.69, 9.17) is 14.5 Å². The van der Waals surface area contributed by atoms with Crippen molar-refractivity contribution in [3.05, 3.63) is 82.4 Å². The number of benzene rings is 2. The molecule has 1 aliphatic heterocycles. The minimum absolute atomic E-state index is 0.233. The van der Waals surface area contributed by atoms with Crippen LogP contribution in [0.5, 0.6) is 11.5 Å². The van der Waals surface area contributed by atoms with Crippen LogP contribution in [0.15, 0.2) is 65.5 Å². The molecule has 5 rings (SSSR count). The van der Waals surface area contributed by atoms with Crippen molar-refractivity contribution in [1.82, 2.24) is 19.3 Å². The third-order valence-corrected chi connectivity index (χ3v) is 5.38. The van der Waals surface area contributed by atoms with Gasteiger partial charge in [-0.25, -0.2) is 9.67 Å². The Balaban J connectivity index is 1.49. The van der Waals surface area contributed by atoms with Gasteiger partial charge in [0.2, 0.25) is 11.9 Å². The van der Waals surface area contributed by atoms with E-state index in [0.29, 0.717) is 36.1 Å². The van der Waals surface area contributed by atoms with E-state index in [1.165, 1.54) is 10.6 Å². The van der Waals surface area contributed by atoms with Crippen molar-refractivity contribution in [3.63, 3.8) is 0 Å². The number of hydrogen-bond donors (Lipinski definition) is 1.